The van der Waals surface area contributed by atoms with Crippen LogP contribution in [0.15, 0.2) is 48.7 Å². The van der Waals surface area contributed by atoms with Crippen LogP contribution in [0, 0.1) is 5.82 Å². The number of nitrogens with zero attached hydrogens (tertiary/aromatic N) is 2. The highest BCUT2D eigenvalue weighted by atomic mass is 32.2. The molecule has 0 N–H and O–H groups in total. The summed E-state index contributed by atoms with van der Waals surface area (Å²) in [5, 5.41) is 0. The molecule has 1 aliphatic rings. The molecule has 5 nitrogen and oxygen atoms in total. The summed E-state index contributed by atoms with van der Waals surface area (Å²) in [6.07, 6.45) is 2.06. The molecule has 1 fully saturated rings. The summed E-state index contributed by atoms with van der Waals surface area (Å²) in [7, 11) is -3.44. The molecular weight excluding hydrogens is 319 g/mol. The van der Waals surface area contributed by atoms with Gasteiger partial charge >= 0.3 is 0 Å². The molecule has 3 rings (SSSR count). The van der Waals surface area contributed by atoms with E-state index in [-0.39, 0.29) is 17.7 Å². The van der Waals surface area contributed by atoms with Crippen LogP contribution in [0.2, 0.25) is 0 Å². The molecule has 0 aliphatic carbocycles. The molecule has 0 bridgehead atoms. The first-order valence-corrected chi connectivity index (χ1v) is 8.94. The quantitative estimate of drug-likeness (QED) is 0.840. The molecule has 0 spiro atoms. The van der Waals surface area contributed by atoms with Gasteiger partial charge in [0, 0.05) is 18.8 Å². The van der Waals surface area contributed by atoms with E-state index in [4.69, 9.17) is 4.74 Å². The van der Waals surface area contributed by atoms with Crippen molar-refractivity contribution in [3.05, 3.63) is 60.0 Å². The van der Waals surface area contributed by atoms with E-state index < -0.39 is 10.0 Å². The highest BCUT2D eigenvalue weighted by Gasteiger charge is 2.32. The van der Waals surface area contributed by atoms with E-state index in [0.29, 0.717) is 31.0 Å². The van der Waals surface area contributed by atoms with Gasteiger partial charge in [-0.25, -0.2) is 17.8 Å². The first-order valence-electron chi connectivity index (χ1n) is 7.33. The van der Waals surface area contributed by atoms with Crippen molar-refractivity contribution in [2.24, 2.45) is 0 Å². The zero-order chi connectivity index (χ0) is 16.3. The molecule has 1 atom stereocenters. The summed E-state index contributed by atoms with van der Waals surface area (Å²) in [5.74, 6) is -0.0183. The lowest BCUT2D eigenvalue weighted by Crippen LogP contribution is -2.32. The van der Waals surface area contributed by atoms with Crippen molar-refractivity contribution >= 4 is 10.0 Å². The highest BCUT2D eigenvalue weighted by Crippen LogP contribution is 2.21. The van der Waals surface area contributed by atoms with Crippen LogP contribution in [0.3, 0.4) is 0 Å². The van der Waals surface area contributed by atoms with Gasteiger partial charge in [-0.1, -0.05) is 18.2 Å². The van der Waals surface area contributed by atoms with E-state index in [0.717, 1.165) is 0 Å². The topological polar surface area (TPSA) is 59.5 Å². The predicted molar refractivity (Wildman–Crippen MR) is 83.9 cm³/mol. The maximum atomic E-state index is 12.9. The number of aromatic nitrogens is 1. The Balaban J connectivity index is 1.62. The number of halogens is 1. The lowest BCUT2D eigenvalue weighted by atomic mass is 10.2. The van der Waals surface area contributed by atoms with Crippen molar-refractivity contribution in [2.75, 3.05) is 13.1 Å². The highest BCUT2D eigenvalue weighted by molar-refractivity contribution is 7.88. The average Bonchev–Trinajstić information content (AvgIpc) is 3.00. The Morgan fingerprint density at radius 3 is 2.70 bits per heavy atom. The Bertz CT molecular complexity index is 751. The van der Waals surface area contributed by atoms with Crippen LogP contribution >= 0.6 is 0 Å². The van der Waals surface area contributed by atoms with Crippen LogP contribution in [0.4, 0.5) is 4.39 Å². The minimum absolute atomic E-state index is 0.135. The second kappa shape index (κ2) is 6.64. The first-order chi connectivity index (χ1) is 11.0. The van der Waals surface area contributed by atoms with E-state index in [1.807, 2.05) is 6.07 Å². The van der Waals surface area contributed by atoms with E-state index >= 15 is 0 Å². The lowest BCUT2D eigenvalue weighted by Gasteiger charge is -2.17. The Morgan fingerprint density at radius 1 is 1.22 bits per heavy atom. The number of sulfonamides is 1. The number of benzene rings is 1. The molecule has 1 aromatic carbocycles. The van der Waals surface area contributed by atoms with Crippen molar-refractivity contribution in [1.82, 2.24) is 9.29 Å². The summed E-state index contributed by atoms with van der Waals surface area (Å²) in [6.45, 7) is 0.723. The molecule has 2 heterocycles. The van der Waals surface area contributed by atoms with Crippen molar-refractivity contribution in [3.63, 3.8) is 0 Å². The maximum Gasteiger partial charge on any atom is 0.218 e. The second-order valence-electron chi connectivity index (χ2n) is 5.44. The lowest BCUT2D eigenvalue weighted by molar-refractivity contribution is 0.207. The fourth-order valence-electron chi connectivity index (χ4n) is 2.52. The number of hydrogen-bond acceptors (Lipinski definition) is 4. The molecule has 1 aromatic heterocycles. The maximum absolute atomic E-state index is 12.9. The van der Waals surface area contributed by atoms with Crippen molar-refractivity contribution in [3.8, 4) is 5.88 Å². The normalized spacial score (nSPS) is 18.9. The number of ether oxygens (including phenoxy) is 1. The summed E-state index contributed by atoms with van der Waals surface area (Å²) >= 11 is 0. The van der Waals surface area contributed by atoms with Gasteiger partial charge < -0.3 is 4.74 Å². The van der Waals surface area contributed by atoms with Crippen molar-refractivity contribution < 1.29 is 17.5 Å². The fraction of sp³-hybridized carbons (Fsp3) is 0.312. The smallest absolute Gasteiger partial charge is 0.218 e. The van der Waals surface area contributed by atoms with Crippen LogP contribution in [0.1, 0.15) is 12.0 Å². The van der Waals surface area contributed by atoms with Crippen LogP contribution < -0.4 is 4.74 Å². The van der Waals surface area contributed by atoms with Gasteiger partial charge in [-0.2, -0.15) is 4.31 Å². The van der Waals surface area contributed by atoms with Gasteiger partial charge in [0.1, 0.15) is 11.9 Å². The van der Waals surface area contributed by atoms with Crippen LogP contribution in [-0.2, 0) is 15.8 Å². The van der Waals surface area contributed by atoms with Crippen LogP contribution in [-0.4, -0.2) is 36.9 Å². The van der Waals surface area contributed by atoms with Gasteiger partial charge in [0.25, 0.3) is 0 Å². The molecule has 0 saturated carbocycles. The summed E-state index contributed by atoms with van der Waals surface area (Å²) in [5.41, 5.74) is 0.570. The Morgan fingerprint density at radius 2 is 2.00 bits per heavy atom. The molecule has 7 heteroatoms. The zero-order valence-electron chi connectivity index (χ0n) is 12.4. The van der Waals surface area contributed by atoms with Gasteiger partial charge in [-0.05, 0) is 30.2 Å². The standard InChI is InChI=1S/C16H17FN2O3S/c17-14-6-4-13(5-7-14)12-23(20,21)19-10-8-15(11-19)22-16-3-1-2-9-18-16/h1-7,9,15H,8,10-12H2/t15-/m0/s1. The average molecular weight is 336 g/mol. The minimum Gasteiger partial charge on any atom is -0.473 e. The Hall–Kier alpha value is -1.99. The van der Waals surface area contributed by atoms with Crippen molar-refractivity contribution in [1.29, 1.82) is 0 Å². The molecule has 0 amide bonds. The third kappa shape index (κ3) is 4.05. The molecule has 0 unspecified atom stereocenters. The molecule has 1 aliphatic heterocycles. The molecule has 122 valence electrons. The largest absolute Gasteiger partial charge is 0.473 e. The van der Waals surface area contributed by atoms with Gasteiger partial charge in [-0.3, -0.25) is 0 Å². The van der Waals surface area contributed by atoms with Gasteiger partial charge in [-0.15, -0.1) is 0 Å². The summed E-state index contributed by atoms with van der Waals surface area (Å²) in [4.78, 5) is 4.08. The Labute approximate surface area is 134 Å². The SMILES string of the molecule is O=S(=O)(Cc1ccc(F)cc1)N1CC[C@H](Oc2ccccn2)C1. The molecule has 2 aromatic rings. The molecular formula is C16H17FN2O3S. The van der Waals surface area contributed by atoms with E-state index in [1.165, 1.54) is 28.6 Å². The second-order valence-corrected chi connectivity index (χ2v) is 7.41. The number of rotatable bonds is 5. The van der Waals surface area contributed by atoms with Crippen molar-refractivity contribution in [2.45, 2.75) is 18.3 Å². The fourth-order valence-corrected chi connectivity index (χ4v) is 4.09. The Kier molecular flexibility index (Phi) is 4.58. The third-order valence-corrected chi connectivity index (χ3v) is 5.51. The number of hydrogen-bond donors (Lipinski definition) is 0. The zero-order valence-corrected chi connectivity index (χ0v) is 13.2. The van der Waals surface area contributed by atoms with E-state index in [1.54, 1.807) is 18.3 Å². The van der Waals surface area contributed by atoms with E-state index in [2.05, 4.69) is 4.98 Å². The van der Waals surface area contributed by atoms with Crippen LogP contribution in [0.25, 0.3) is 0 Å². The summed E-state index contributed by atoms with van der Waals surface area (Å²) in [6, 6.07) is 10.9. The van der Waals surface area contributed by atoms with E-state index in [9.17, 15) is 12.8 Å². The first kappa shape index (κ1) is 15.9. The van der Waals surface area contributed by atoms with Gasteiger partial charge in [0.2, 0.25) is 15.9 Å². The number of pyridine rings is 1. The molecule has 1 saturated heterocycles. The van der Waals surface area contributed by atoms with Crippen LogP contribution in [0.5, 0.6) is 5.88 Å². The molecule has 0 radical (unpaired) electrons. The van der Waals surface area contributed by atoms with Gasteiger partial charge in [0.15, 0.2) is 0 Å². The predicted octanol–water partition coefficient (Wildman–Crippen LogP) is 2.20. The minimum atomic E-state index is -3.44. The monoisotopic (exact) mass is 336 g/mol. The summed E-state index contributed by atoms with van der Waals surface area (Å²) < 4.78 is 44.9. The van der Waals surface area contributed by atoms with Gasteiger partial charge in [0.05, 0.1) is 12.3 Å². The molecule has 23 heavy (non-hydrogen) atoms. The third-order valence-electron chi connectivity index (χ3n) is 3.69.